The molecule has 0 saturated heterocycles. The first-order valence-corrected chi connectivity index (χ1v) is 7.61. The number of hydrogen-bond acceptors (Lipinski definition) is 3. The van der Waals surface area contributed by atoms with Crippen molar-refractivity contribution in [3.05, 3.63) is 57.5 Å². The van der Waals surface area contributed by atoms with Crippen LogP contribution in [0.4, 0.5) is 5.69 Å². The third kappa shape index (κ3) is 2.55. The van der Waals surface area contributed by atoms with Crippen LogP contribution in [0.3, 0.4) is 0 Å². The van der Waals surface area contributed by atoms with Crippen LogP contribution in [0.2, 0.25) is 5.02 Å². The second-order valence-electron chi connectivity index (χ2n) is 5.38. The number of aryl methyl sites for hydroxylation is 2. The second kappa shape index (κ2) is 6.05. The minimum absolute atomic E-state index is 0.124. The number of fused-ring (bicyclic) bond motifs is 1. The Labute approximate surface area is 143 Å². The highest BCUT2D eigenvalue weighted by molar-refractivity contribution is 6.35. The van der Waals surface area contributed by atoms with Crippen molar-refractivity contribution in [2.24, 2.45) is 14.1 Å². The second-order valence-corrected chi connectivity index (χ2v) is 5.78. The maximum absolute atomic E-state index is 12.6. The first kappa shape index (κ1) is 16.1. The van der Waals surface area contributed by atoms with Gasteiger partial charge in [0.2, 0.25) is 0 Å². The Balaban J connectivity index is 2.00. The van der Waals surface area contributed by atoms with Crippen molar-refractivity contribution in [1.82, 2.24) is 9.13 Å². The van der Waals surface area contributed by atoms with Crippen molar-refractivity contribution in [2.75, 3.05) is 12.4 Å². The Morgan fingerprint density at radius 3 is 2.54 bits per heavy atom. The molecule has 1 amide bonds. The fraction of sp³-hybridized carbons (Fsp3) is 0.176. The first-order valence-electron chi connectivity index (χ1n) is 7.23. The summed E-state index contributed by atoms with van der Waals surface area (Å²) >= 11 is 6.12. The molecule has 3 aromatic rings. The van der Waals surface area contributed by atoms with Gasteiger partial charge < -0.3 is 10.1 Å². The Hall–Kier alpha value is -2.73. The van der Waals surface area contributed by atoms with Crippen LogP contribution in [0.1, 0.15) is 10.4 Å². The minimum atomic E-state index is -0.377. The van der Waals surface area contributed by atoms with Gasteiger partial charge in [-0.2, -0.15) is 0 Å². The fourth-order valence-corrected chi connectivity index (χ4v) is 2.92. The zero-order valence-electron chi connectivity index (χ0n) is 13.5. The van der Waals surface area contributed by atoms with Gasteiger partial charge in [0, 0.05) is 19.8 Å². The molecule has 0 fully saturated rings. The summed E-state index contributed by atoms with van der Waals surface area (Å²) in [5.74, 6) is 0.0194. The number of anilines is 1. The molecule has 0 aliphatic heterocycles. The summed E-state index contributed by atoms with van der Waals surface area (Å²) in [5, 5.41) is 3.10. The average Bonchev–Trinajstić information content (AvgIpc) is 2.78. The topological polar surface area (TPSA) is 65.3 Å². The van der Waals surface area contributed by atoms with Gasteiger partial charge in [-0.15, -0.1) is 0 Å². The number of nitrogens with one attached hydrogen (secondary N) is 1. The molecule has 0 spiro atoms. The number of carbonyl (C=O) groups is 1. The van der Waals surface area contributed by atoms with E-state index >= 15 is 0 Å². The molecule has 0 atom stereocenters. The number of rotatable bonds is 3. The van der Waals surface area contributed by atoms with Crippen molar-refractivity contribution < 1.29 is 9.53 Å². The molecule has 0 aliphatic carbocycles. The van der Waals surface area contributed by atoms with E-state index in [2.05, 4.69) is 5.32 Å². The predicted molar refractivity (Wildman–Crippen MR) is 94.1 cm³/mol. The molecule has 0 aliphatic rings. The van der Waals surface area contributed by atoms with Crippen molar-refractivity contribution in [1.29, 1.82) is 0 Å². The summed E-state index contributed by atoms with van der Waals surface area (Å²) in [5.41, 5.74) is 2.22. The highest BCUT2D eigenvalue weighted by atomic mass is 35.5. The molecule has 1 N–H and O–H groups in total. The van der Waals surface area contributed by atoms with Gasteiger partial charge in [0.15, 0.2) is 0 Å². The lowest BCUT2D eigenvalue weighted by Crippen LogP contribution is -2.19. The van der Waals surface area contributed by atoms with E-state index in [4.69, 9.17) is 16.3 Å². The molecule has 24 heavy (non-hydrogen) atoms. The standard InChI is InChI=1S/C17H16ClN3O3/c1-20-12-8-7-10(9-13(12)21(2)17(20)23)19-16(22)15-11(18)5-4-6-14(15)24-3/h4-9H,1-3H3,(H,19,22). The monoisotopic (exact) mass is 345 g/mol. The van der Waals surface area contributed by atoms with Gasteiger partial charge in [-0.25, -0.2) is 4.79 Å². The minimum Gasteiger partial charge on any atom is -0.496 e. The normalized spacial score (nSPS) is 10.8. The van der Waals surface area contributed by atoms with Gasteiger partial charge in [-0.05, 0) is 30.3 Å². The Morgan fingerprint density at radius 2 is 1.83 bits per heavy atom. The zero-order chi connectivity index (χ0) is 17.4. The van der Waals surface area contributed by atoms with Crippen molar-refractivity contribution in [3.8, 4) is 5.75 Å². The van der Waals surface area contributed by atoms with E-state index in [0.717, 1.165) is 11.0 Å². The molecule has 124 valence electrons. The van der Waals surface area contributed by atoms with Crippen LogP contribution in [0, 0.1) is 0 Å². The number of imidazole rings is 1. The third-order valence-corrected chi connectivity index (χ3v) is 4.27. The molecule has 0 radical (unpaired) electrons. The van der Waals surface area contributed by atoms with E-state index in [9.17, 15) is 9.59 Å². The van der Waals surface area contributed by atoms with Crippen LogP contribution in [0.5, 0.6) is 5.75 Å². The summed E-state index contributed by atoms with van der Waals surface area (Å²) < 4.78 is 8.28. The fourth-order valence-electron chi connectivity index (χ4n) is 2.67. The number of methoxy groups -OCH3 is 1. The number of amides is 1. The van der Waals surface area contributed by atoms with Gasteiger partial charge in [-0.3, -0.25) is 13.9 Å². The SMILES string of the molecule is COc1cccc(Cl)c1C(=O)Nc1ccc2c(c1)n(C)c(=O)n2C. The lowest BCUT2D eigenvalue weighted by atomic mass is 10.1. The number of halogens is 1. The molecular weight excluding hydrogens is 330 g/mol. The summed E-state index contributed by atoms with van der Waals surface area (Å²) in [6, 6.07) is 10.3. The molecule has 2 aromatic carbocycles. The molecule has 1 aromatic heterocycles. The van der Waals surface area contributed by atoms with Crippen molar-refractivity contribution in [3.63, 3.8) is 0 Å². The largest absolute Gasteiger partial charge is 0.496 e. The molecule has 7 heteroatoms. The van der Waals surface area contributed by atoms with Crippen LogP contribution in [-0.2, 0) is 14.1 Å². The lowest BCUT2D eigenvalue weighted by Gasteiger charge is -2.11. The highest BCUT2D eigenvalue weighted by Crippen LogP contribution is 2.27. The zero-order valence-corrected chi connectivity index (χ0v) is 14.2. The number of carbonyl (C=O) groups excluding carboxylic acids is 1. The lowest BCUT2D eigenvalue weighted by molar-refractivity contribution is 0.102. The number of ether oxygens (including phenoxy) is 1. The Morgan fingerprint density at radius 1 is 1.12 bits per heavy atom. The molecule has 0 unspecified atom stereocenters. The molecule has 3 rings (SSSR count). The van der Waals surface area contributed by atoms with E-state index < -0.39 is 0 Å². The highest BCUT2D eigenvalue weighted by Gasteiger charge is 2.17. The van der Waals surface area contributed by atoms with Crippen LogP contribution < -0.4 is 15.7 Å². The average molecular weight is 346 g/mol. The van der Waals surface area contributed by atoms with Crippen LogP contribution in [-0.4, -0.2) is 22.2 Å². The van der Waals surface area contributed by atoms with Crippen LogP contribution in [0.15, 0.2) is 41.2 Å². The molecule has 6 nitrogen and oxygen atoms in total. The maximum atomic E-state index is 12.6. The Bertz CT molecular complexity index is 1000. The van der Waals surface area contributed by atoms with E-state index in [1.54, 1.807) is 55.1 Å². The van der Waals surface area contributed by atoms with Gasteiger partial charge in [0.1, 0.15) is 11.3 Å². The summed E-state index contributed by atoms with van der Waals surface area (Å²) in [4.78, 5) is 24.5. The summed E-state index contributed by atoms with van der Waals surface area (Å²) in [7, 11) is 4.87. The summed E-state index contributed by atoms with van der Waals surface area (Å²) in [6.07, 6.45) is 0. The number of aromatic nitrogens is 2. The van der Waals surface area contributed by atoms with Gasteiger partial charge >= 0.3 is 5.69 Å². The molecule has 0 saturated carbocycles. The van der Waals surface area contributed by atoms with Gasteiger partial charge in [-0.1, -0.05) is 17.7 Å². The number of benzene rings is 2. The number of nitrogens with zero attached hydrogens (tertiary/aromatic N) is 2. The molecule has 1 heterocycles. The van der Waals surface area contributed by atoms with E-state index in [-0.39, 0.29) is 17.2 Å². The van der Waals surface area contributed by atoms with Crippen molar-refractivity contribution >= 4 is 34.2 Å². The molecule has 0 bridgehead atoms. The third-order valence-electron chi connectivity index (χ3n) is 3.95. The Kier molecular flexibility index (Phi) is 4.07. The quantitative estimate of drug-likeness (QED) is 0.793. The molecular formula is C17H16ClN3O3. The van der Waals surface area contributed by atoms with E-state index in [1.807, 2.05) is 0 Å². The number of hydrogen-bond donors (Lipinski definition) is 1. The van der Waals surface area contributed by atoms with E-state index in [1.165, 1.54) is 11.7 Å². The summed E-state index contributed by atoms with van der Waals surface area (Å²) in [6.45, 7) is 0. The first-order chi connectivity index (χ1) is 11.4. The van der Waals surface area contributed by atoms with Crippen LogP contribution >= 0.6 is 11.6 Å². The maximum Gasteiger partial charge on any atom is 0.328 e. The smallest absolute Gasteiger partial charge is 0.328 e. The predicted octanol–water partition coefficient (Wildman–Crippen LogP) is 2.79. The van der Waals surface area contributed by atoms with Crippen molar-refractivity contribution in [2.45, 2.75) is 0 Å². The van der Waals surface area contributed by atoms with Crippen LogP contribution in [0.25, 0.3) is 11.0 Å². The van der Waals surface area contributed by atoms with Gasteiger partial charge in [0.25, 0.3) is 5.91 Å². The van der Waals surface area contributed by atoms with E-state index in [0.29, 0.717) is 16.5 Å². The van der Waals surface area contributed by atoms with Gasteiger partial charge in [0.05, 0.1) is 23.2 Å².